The van der Waals surface area contributed by atoms with Gasteiger partial charge in [-0.1, -0.05) is 13.3 Å². The maximum atomic E-state index is 12.0. The first-order valence-electron chi connectivity index (χ1n) is 10.0. The topological polar surface area (TPSA) is 92.9 Å². The minimum atomic E-state index is -3.46. The van der Waals surface area contributed by atoms with Gasteiger partial charge >= 0.3 is 0 Å². The molecule has 156 valence electrons. The van der Waals surface area contributed by atoms with Gasteiger partial charge in [-0.15, -0.1) is 0 Å². The number of sulfone groups is 1. The van der Waals surface area contributed by atoms with Crippen LogP contribution in [0.15, 0.2) is 17.0 Å². The number of rotatable bonds is 7. The molecule has 0 bridgehead atoms. The molecule has 1 amide bonds. The number of amides is 1. The SMILES string of the molecule is CCCCN1CCCC1CC1CN(C)c2cc(S(C)(=O)=O)cc(C(N)=O)c2O1. The molecule has 2 heterocycles. The molecular formula is C20H31N3O4S. The number of carbonyl (C=O) groups excluding carboxylic acids is 1. The molecule has 1 fully saturated rings. The molecule has 0 aliphatic carbocycles. The number of carbonyl (C=O) groups is 1. The van der Waals surface area contributed by atoms with E-state index in [2.05, 4.69) is 11.8 Å². The number of hydrogen-bond acceptors (Lipinski definition) is 6. The number of unbranched alkanes of at least 4 members (excludes halogenated alkanes) is 1. The maximum Gasteiger partial charge on any atom is 0.252 e. The number of hydrogen-bond donors (Lipinski definition) is 1. The second kappa shape index (κ2) is 8.29. The summed E-state index contributed by atoms with van der Waals surface area (Å²) in [7, 11) is -1.56. The van der Waals surface area contributed by atoms with Crippen LogP contribution in [-0.4, -0.2) is 64.3 Å². The Morgan fingerprint density at radius 3 is 2.75 bits per heavy atom. The second-order valence-corrected chi connectivity index (χ2v) is 10.0. The fraction of sp³-hybridized carbons (Fsp3) is 0.650. The largest absolute Gasteiger partial charge is 0.485 e. The van der Waals surface area contributed by atoms with Crippen molar-refractivity contribution in [3.63, 3.8) is 0 Å². The number of likely N-dealkylation sites (N-methyl/N-ethyl adjacent to an activating group) is 1. The van der Waals surface area contributed by atoms with Crippen molar-refractivity contribution in [1.29, 1.82) is 0 Å². The molecule has 8 heteroatoms. The summed E-state index contributed by atoms with van der Waals surface area (Å²) in [5.74, 6) is -0.280. The van der Waals surface area contributed by atoms with E-state index >= 15 is 0 Å². The summed E-state index contributed by atoms with van der Waals surface area (Å²) in [5.41, 5.74) is 6.27. The first-order valence-corrected chi connectivity index (χ1v) is 11.9. The normalized spacial score (nSPS) is 22.8. The third-order valence-electron chi connectivity index (χ3n) is 5.74. The van der Waals surface area contributed by atoms with Gasteiger partial charge < -0.3 is 20.3 Å². The lowest BCUT2D eigenvalue weighted by Gasteiger charge is -2.37. The van der Waals surface area contributed by atoms with E-state index in [0.29, 0.717) is 24.0 Å². The monoisotopic (exact) mass is 409 g/mol. The molecule has 2 atom stereocenters. The predicted octanol–water partition coefficient (Wildman–Crippen LogP) is 2.04. The van der Waals surface area contributed by atoms with Crippen molar-refractivity contribution in [3.05, 3.63) is 17.7 Å². The lowest BCUT2D eigenvalue weighted by molar-refractivity contribution is 0.0985. The van der Waals surface area contributed by atoms with Gasteiger partial charge in [-0.3, -0.25) is 4.79 Å². The van der Waals surface area contributed by atoms with E-state index < -0.39 is 15.7 Å². The van der Waals surface area contributed by atoms with E-state index in [4.69, 9.17) is 10.5 Å². The molecule has 0 aromatic heterocycles. The molecule has 2 unspecified atom stereocenters. The zero-order valence-corrected chi connectivity index (χ0v) is 17.8. The van der Waals surface area contributed by atoms with E-state index in [-0.39, 0.29) is 16.6 Å². The Hall–Kier alpha value is -1.80. The smallest absolute Gasteiger partial charge is 0.252 e. The molecule has 28 heavy (non-hydrogen) atoms. The number of benzene rings is 1. The number of ether oxygens (including phenoxy) is 1. The van der Waals surface area contributed by atoms with Gasteiger partial charge in [0.15, 0.2) is 15.6 Å². The van der Waals surface area contributed by atoms with E-state index in [1.54, 1.807) is 6.07 Å². The predicted molar refractivity (Wildman–Crippen MR) is 110 cm³/mol. The van der Waals surface area contributed by atoms with Gasteiger partial charge in [0.05, 0.1) is 22.7 Å². The van der Waals surface area contributed by atoms with Crippen LogP contribution in [0.1, 0.15) is 49.4 Å². The van der Waals surface area contributed by atoms with Crippen molar-refractivity contribution in [1.82, 2.24) is 4.90 Å². The summed E-state index contributed by atoms with van der Waals surface area (Å²) in [6.45, 7) is 5.10. The summed E-state index contributed by atoms with van der Waals surface area (Å²) in [4.78, 5) is 16.6. The van der Waals surface area contributed by atoms with Crippen molar-refractivity contribution in [2.45, 2.75) is 56.1 Å². The van der Waals surface area contributed by atoms with E-state index in [1.165, 1.54) is 25.3 Å². The van der Waals surface area contributed by atoms with Crippen LogP contribution >= 0.6 is 0 Å². The minimum Gasteiger partial charge on any atom is -0.485 e. The van der Waals surface area contributed by atoms with Crippen LogP contribution in [0, 0.1) is 0 Å². The molecule has 1 aromatic rings. The maximum absolute atomic E-state index is 12.0. The fourth-order valence-corrected chi connectivity index (χ4v) is 4.90. The summed E-state index contributed by atoms with van der Waals surface area (Å²) < 4.78 is 30.2. The molecule has 0 saturated carbocycles. The van der Waals surface area contributed by atoms with Crippen LogP contribution in [0.25, 0.3) is 0 Å². The van der Waals surface area contributed by atoms with E-state index in [1.807, 2.05) is 11.9 Å². The van der Waals surface area contributed by atoms with Gasteiger partial charge in [0.25, 0.3) is 5.91 Å². The van der Waals surface area contributed by atoms with Crippen molar-refractivity contribution in [3.8, 4) is 5.75 Å². The van der Waals surface area contributed by atoms with Gasteiger partial charge in [0.1, 0.15) is 6.10 Å². The van der Waals surface area contributed by atoms with Crippen LogP contribution in [0.4, 0.5) is 5.69 Å². The molecule has 7 nitrogen and oxygen atoms in total. The summed E-state index contributed by atoms with van der Waals surface area (Å²) in [6, 6.07) is 3.38. The van der Waals surface area contributed by atoms with Crippen molar-refractivity contribution >= 4 is 21.4 Å². The minimum absolute atomic E-state index is 0.0630. The third kappa shape index (κ3) is 4.43. The number of likely N-dealkylation sites (tertiary alicyclic amines) is 1. The van der Waals surface area contributed by atoms with Crippen LogP contribution < -0.4 is 15.4 Å². The highest BCUT2D eigenvalue weighted by atomic mass is 32.2. The molecule has 2 N–H and O–H groups in total. The van der Waals surface area contributed by atoms with E-state index in [0.717, 1.165) is 32.2 Å². The lowest BCUT2D eigenvalue weighted by atomic mass is 10.0. The van der Waals surface area contributed by atoms with Gasteiger partial charge in [-0.2, -0.15) is 0 Å². The molecule has 2 aliphatic heterocycles. The Morgan fingerprint density at radius 1 is 1.36 bits per heavy atom. The standard InChI is InChI=1S/C20H31N3O4S/c1-4-5-8-23-9-6-7-14(23)10-15-13-22(2)18-12-16(28(3,25)26)11-17(20(21)24)19(18)27-15/h11-12,14-15H,4-10,13H2,1-3H3,(H2,21,24). The van der Waals surface area contributed by atoms with Gasteiger partial charge in [0.2, 0.25) is 0 Å². The first-order chi connectivity index (χ1) is 13.2. The van der Waals surface area contributed by atoms with Crippen molar-refractivity contribution in [2.24, 2.45) is 5.73 Å². The Kier molecular flexibility index (Phi) is 6.19. The molecule has 0 spiro atoms. The summed E-state index contributed by atoms with van der Waals surface area (Å²) in [6.07, 6.45) is 6.70. The number of nitrogens with two attached hydrogens (primary N) is 1. The van der Waals surface area contributed by atoms with Crippen molar-refractivity contribution < 1.29 is 17.9 Å². The zero-order chi connectivity index (χ0) is 20.5. The van der Waals surface area contributed by atoms with Crippen LogP contribution in [-0.2, 0) is 9.84 Å². The zero-order valence-electron chi connectivity index (χ0n) is 17.0. The Balaban J connectivity index is 1.85. The Morgan fingerprint density at radius 2 is 2.11 bits per heavy atom. The van der Waals surface area contributed by atoms with Gasteiger partial charge in [-0.25, -0.2) is 8.42 Å². The second-order valence-electron chi connectivity index (χ2n) is 8.00. The van der Waals surface area contributed by atoms with E-state index in [9.17, 15) is 13.2 Å². The summed E-state index contributed by atoms with van der Waals surface area (Å²) >= 11 is 0. The van der Waals surface area contributed by atoms with Crippen molar-refractivity contribution in [2.75, 3.05) is 37.8 Å². The molecule has 3 rings (SSSR count). The molecule has 1 aromatic carbocycles. The first kappa shape index (κ1) is 20.9. The Bertz CT molecular complexity index is 840. The number of primary amides is 1. The highest BCUT2D eigenvalue weighted by molar-refractivity contribution is 7.90. The van der Waals surface area contributed by atoms with Gasteiger partial charge in [-0.05, 0) is 44.5 Å². The number of anilines is 1. The van der Waals surface area contributed by atoms with Crippen LogP contribution in [0.5, 0.6) is 5.75 Å². The number of nitrogens with zero attached hydrogens (tertiary/aromatic N) is 2. The van der Waals surface area contributed by atoms with Gasteiger partial charge in [0, 0.05) is 25.8 Å². The molecule has 2 aliphatic rings. The molecule has 0 radical (unpaired) electrons. The lowest BCUT2D eigenvalue weighted by Crippen LogP contribution is -2.43. The van der Waals surface area contributed by atoms with Crippen LogP contribution in [0.2, 0.25) is 0 Å². The highest BCUT2D eigenvalue weighted by Crippen LogP contribution is 2.39. The molecule has 1 saturated heterocycles. The number of fused-ring (bicyclic) bond motifs is 1. The average molecular weight is 410 g/mol. The fourth-order valence-electron chi connectivity index (χ4n) is 4.24. The Labute approximate surface area is 167 Å². The molecular weight excluding hydrogens is 378 g/mol. The summed E-state index contributed by atoms with van der Waals surface area (Å²) in [5, 5.41) is 0. The third-order valence-corrected chi connectivity index (χ3v) is 6.83. The highest BCUT2D eigenvalue weighted by Gasteiger charge is 2.33. The quantitative estimate of drug-likeness (QED) is 0.741. The average Bonchev–Trinajstić information content (AvgIpc) is 3.05. The van der Waals surface area contributed by atoms with Crippen LogP contribution in [0.3, 0.4) is 0 Å².